The second kappa shape index (κ2) is 5.12. The van der Waals surface area contributed by atoms with Gasteiger partial charge in [-0.3, -0.25) is 0 Å². The number of aromatic nitrogens is 2. The van der Waals surface area contributed by atoms with E-state index in [9.17, 15) is 0 Å². The molecule has 18 heavy (non-hydrogen) atoms. The van der Waals surface area contributed by atoms with Gasteiger partial charge in [0.05, 0.1) is 22.1 Å². The topological polar surface area (TPSA) is 37.8 Å². The lowest BCUT2D eigenvalue weighted by atomic mass is 10.2. The third-order valence-corrected chi connectivity index (χ3v) is 3.31. The number of para-hydroxylation sites is 1. The molecular formula is C13H13Cl2N3. The quantitative estimate of drug-likeness (QED) is 0.884. The first-order chi connectivity index (χ1) is 8.49. The Morgan fingerprint density at radius 2 is 1.67 bits per heavy atom. The van der Waals surface area contributed by atoms with Crippen molar-refractivity contribution in [1.82, 2.24) is 9.97 Å². The number of benzene rings is 1. The van der Waals surface area contributed by atoms with Crippen LogP contribution < -0.4 is 5.32 Å². The number of nitrogens with one attached hydrogen (secondary N) is 1. The van der Waals surface area contributed by atoms with Gasteiger partial charge in [0.15, 0.2) is 11.0 Å². The molecule has 0 saturated carbocycles. The highest BCUT2D eigenvalue weighted by molar-refractivity contribution is 6.34. The normalized spacial score (nSPS) is 10.5. The number of rotatable bonds is 2. The van der Waals surface area contributed by atoms with E-state index in [2.05, 4.69) is 15.3 Å². The molecule has 3 nitrogen and oxygen atoms in total. The van der Waals surface area contributed by atoms with Crippen LogP contribution in [0.5, 0.6) is 0 Å². The van der Waals surface area contributed by atoms with Gasteiger partial charge in [0.1, 0.15) is 0 Å². The van der Waals surface area contributed by atoms with Crippen molar-refractivity contribution in [1.29, 1.82) is 0 Å². The maximum absolute atomic E-state index is 6.15. The van der Waals surface area contributed by atoms with Crippen LogP contribution in [0, 0.1) is 20.8 Å². The lowest BCUT2D eigenvalue weighted by Crippen LogP contribution is -2.02. The summed E-state index contributed by atoms with van der Waals surface area (Å²) in [5.41, 5.74) is 3.49. The number of hydrogen-bond acceptors (Lipinski definition) is 3. The predicted octanol–water partition coefficient (Wildman–Crippen LogP) is 4.45. The van der Waals surface area contributed by atoms with E-state index in [1.165, 1.54) is 0 Å². The zero-order valence-corrected chi connectivity index (χ0v) is 11.9. The van der Waals surface area contributed by atoms with Gasteiger partial charge in [0.2, 0.25) is 0 Å². The standard InChI is InChI=1S/C13H13Cl2N3/c1-7-5-4-6-10(14)11(7)18-13-12(15)16-8(2)9(3)17-13/h4-6H,1-3H3,(H,17,18). The monoisotopic (exact) mass is 281 g/mol. The van der Waals surface area contributed by atoms with Crippen molar-refractivity contribution in [3.63, 3.8) is 0 Å². The molecule has 0 spiro atoms. The van der Waals surface area contributed by atoms with Crippen LogP contribution in [0.15, 0.2) is 18.2 Å². The first-order valence-electron chi connectivity index (χ1n) is 5.52. The summed E-state index contributed by atoms with van der Waals surface area (Å²) in [6, 6.07) is 5.69. The Morgan fingerprint density at radius 3 is 2.33 bits per heavy atom. The Kier molecular flexibility index (Phi) is 3.73. The van der Waals surface area contributed by atoms with E-state index in [0.29, 0.717) is 16.0 Å². The van der Waals surface area contributed by atoms with Crippen molar-refractivity contribution in [2.75, 3.05) is 5.32 Å². The van der Waals surface area contributed by atoms with E-state index in [1.807, 2.05) is 39.0 Å². The minimum atomic E-state index is 0.345. The molecule has 2 rings (SSSR count). The van der Waals surface area contributed by atoms with E-state index in [4.69, 9.17) is 23.2 Å². The summed E-state index contributed by atoms with van der Waals surface area (Å²) >= 11 is 12.2. The lowest BCUT2D eigenvalue weighted by Gasteiger charge is -2.12. The number of nitrogens with zero attached hydrogens (tertiary/aromatic N) is 2. The SMILES string of the molecule is Cc1cccc(Cl)c1Nc1nc(C)c(C)nc1Cl. The van der Waals surface area contributed by atoms with Crippen molar-refractivity contribution in [2.45, 2.75) is 20.8 Å². The molecule has 0 aliphatic rings. The molecule has 94 valence electrons. The molecule has 5 heteroatoms. The van der Waals surface area contributed by atoms with Gasteiger partial charge < -0.3 is 5.32 Å². The summed E-state index contributed by atoms with van der Waals surface area (Å²) in [6.45, 7) is 5.73. The fraction of sp³-hybridized carbons (Fsp3) is 0.231. The van der Waals surface area contributed by atoms with Gasteiger partial charge in [-0.25, -0.2) is 9.97 Å². The van der Waals surface area contributed by atoms with E-state index < -0.39 is 0 Å². The predicted molar refractivity (Wildman–Crippen MR) is 76.0 cm³/mol. The van der Waals surface area contributed by atoms with Crippen LogP contribution in [0.3, 0.4) is 0 Å². The molecule has 0 atom stereocenters. The fourth-order valence-electron chi connectivity index (χ4n) is 1.56. The van der Waals surface area contributed by atoms with E-state index in [1.54, 1.807) is 0 Å². The van der Waals surface area contributed by atoms with E-state index in [-0.39, 0.29) is 0 Å². The molecule has 1 aromatic carbocycles. The molecule has 1 N–H and O–H groups in total. The largest absolute Gasteiger partial charge is 0.336 e. The van der Waals surface area contributed by atoms with Crippen LogP contribution in [0.2, 0.25) is 10.2 Å². The third kappa shape index (κ3) is 2.57. The summed E-state index contributed by atoms with van der Waals surface area (Å²) in [5.74, 6) is 0.524. The maximum Gasteiger partial charge on any atom is 0.172 e. The van der Waals surface area contributed by atoms with Crippen molar-refractivity contribution in [2.24, 2.45) is 0 Å². The third-order valence-electron chi connectivity index (χ3n) is 2.73. The molecule has 0 aliphatic heterocycles. The Morgan fingerprint density at radius 1 is 1.00 bits per heavy atom. The van der Waals surface area contributed by atoms with Gasteiger partial charge in [-0.2, -0.15) is 0 Å². The molecule has 1 aromatic heterocycles. The van der Waals surface area contributed by atoms with Crippen molar-refractivity contribution < 1.29 is 0 Å². The molecule has 0 amide bonds. The second-order valence-electron chi connectivity index (χ2n) is 4.09. The molecule has 0 radical (unpaired) electrons. The highest BCUT2D eigenvalue weighted by atomic mass is 35.5. The minimum Gasteiger partial charge on any atom is -0.336 e. The van der Waals surface area contributed by atoms with Gasteiger partial charge in [0, 0.05) is 0 Å². The second-order valence-corrected chi connectivity index (χ2v) is 4.86. The molecule has 2 aromatic rings. The number of anilines is 2. The van der Waals surface area contributed by atoms with Gasteiger partial charge >= 0.3 is 0 Å². The molecule has 0 saturated heterocycles. The summed E-state index contributed by atoms with van der Waals surface area (Å²) in [6.07, 6.45) is 0. The van der Waals surface area contributed by atoms with Crippen LogP contribution in [0.4, 0.5) is 11.5 Å². The van der Waals surface area contributed by atoms with Crippen LogP contribution in [0.1, 0.15) is 17.0 Å². The molecule has 0 fully saturated rings. The molecule has 0 bridgehead atoms. The van der Waals surface area contributed by atoms with Crippen LogP contribution in [0.25, 0.3) is 0 Å². The zero-order valence-electron chi connectivity index (χ0n) is 10.4. The average Bonchev–Trinajstić information content (AvgIpc) is 2.30. The van der Waals surface area contributed by atoms with Gasteiger partial charge in [-0.05, 0) is 32.4 Å². The molecule has 1 heterocycles. The van der Waals surface area contributed by atoms with Crippen molar-refractivity contribution in [3.8, 4) is 0 Å². The van der Waals surface area contributed by atoms with Crippen molar-refractivity contribution >= 4 is 34.7 Å². The number of aryl methyl sites for hydroxylation is 3. The Hall–Kier alpha value is -1.32. The Labute approximate surface area is 116 Å². The molecule has 0 unspecified atom stereocenters. The minimum absolute atomic E-state index is 0.345. The van der Waals surface area contributed by atoms with E-state index in [0.717, 1.165) is 22.6 Å². The summed E-state index contributed by atoms with van der Waals surface area (Å²) in [5, 5.41) is 4.11. The van der Waals surface area contributed by atoms with Gasteiger partial charge in [-0.15, -0.1) is 0 Å². The van der Waals surface area contributed by atoms with E-state index >= 15 is 0 Å². The van der Waals surface area contributed by atoms with Gasteiger partial charge in [0.25, 0.3) is 0 Å². The van der Waals surface area contributed by atoms with Gasteiger partial charge in [-0.1, -0.05) is 35.3 Å². The van der Waals surface area contributed by atoms with Crippen LogP contribution in [-0.2, 0) is 0 Å². The Bertz CT molecular complexity index is 577. The first kappa shape index (κ1) is 13.1. The first-order valence-corrected chi connectivity index (χ1v) is 6.27. The van der Waals surface area contributed by atoms with Crippen molar-refractivity contribution in [3.05, 3.63) is 45.3 Å². The number of hydrogen-bond donors (Lipinski definition) is 1. The molecular weight excluding hydrogens is 269 g/mol. The lowest BCUT2D eigenvalue weighted by molar-refractivity contribution is 1.05. The molecule has 0 aliphatic carbocycles. The highest BCUT2D eigenvalue weighted by Crippen LogP contribution is 2.30. The highest BCUT2D eigenvalue weighted by Gasteiger charge is 2.10. The maximum atomic E-state index is 6.15. The Balaban J connectivity index is 2.43. The smallest absolute Gasteiger partial charge is 0.172 e. The fourth-order valence-corrected chi connectivity index (χ4v) is 2.05. The number of halogens is 2. The van der Waals surface area contributed by atoms with Crippen LogP contribution in [-0.4, -0.2) is 9.97 Å². The summed E-state index contributed by atoms with van der Waals surface area (Å²) in [4.78, 5) is 8.61. The average molecular weight is 282 g/mol. The van der Waals surface area contributed by atoms with Crippen LogP contribution >= 0.6 is 23.2 Å². The summed E-state index contributed by atoms with van der Waals surface area (Å²) in [7, 11) is 0. The summed E-state index contributed by atoms with van der Waals surface area (Å²) < 4.78 is 0. The zero-order chi connectivity index (χ0) is 13.3.